The van der Waals surface area contributed by atoms with E-state index in [1.165, 1.54) is 0 Å². The van der Waals surface area contributed by atoms with Crippen LogP contribution in [-0.4, -0.2) is 76.2 Å². The third kappa shape index (κ3) is 4.56. The molecule has 2 aliphatic heterocycles. The predicted molar refractivity (Wildman–Crippen MR) is 138 cm³/mol. The smallest absolute Gasteiger partial charge is 0.271 e. The highest BCUT2D eigenvalue weighted by molar-refractivity contribution is 5.98. The van der Waals surface area contributed by atoms with Crippen molar-refractivity contribution in [2.75, 3.05) is 48.8 Å². The summed E-state index contributed by atoms with van der Waals surface area (Å²) in [7, 11) is 5.81. The lowest BCUT2D eigenvalue weighted by Gasteiger charge is -2.41. The highest BCUT2D eigenvalue weighted by Crippen LogP contribution is 2.29. The van der Waals surface area contributed by atoms with Crippen LogP contribution in [0.4, 0.5) is 23.0 Å². The molecule has 0 aliphatic carbocycles. The Bertz CT molecular complexity index is 1300. The first-order valence-corrected chi connectivity index (χ1v) is 12.1. The lowest BCUT2D eigenvalue weighted by atomic mass is 9.94. The molecule has 11 nitrogen and oxygen atoms in total. The van der Waals surface area contributed by atoms with Crippen LogP contribution in [-0.2, 0) is 13.5 Å². The number of nitrogens with one attached hydrogen (secondary N) is 1. The average molecular weight is 490 g/mol. The fourth-order valence-corrected chi connectivity index (χ4v) is 4.96. The number of primary amides is 1. The lowest BCUT2D eigenvalue weighted by molar-refractivity contribution is 0.0641. The van der Waals surface area contributed by atoms with Crippen LogP contribution in [0.2, 0.25) is 0 Å². The van der Waals surface area contributed by atoms with Gasteiger partial charge < -0.3 is 25.8 Å². The molecule has 0 radical (unpaired) electrons. The number of amides is 2. The summed E-state index contributed by atoms with van der Waals surface area (Å²) in [6.45, 7) is 2.13. The number of fused-ring (bicyclic) bond motifs is 1. The van der Waals surface area contributed by atoms with E-state index in [0.29, 0.717) is 24.6 Å². The second-order valence-corrected chi connectivity index (χ2v) is 9.54. The van der Waals surface area contributed by atoms with Gasteiger partial charge in [-0.25, -0.2) is 9.97 Å². The van der Waals surface area contributed by atoms with E-state index in [1.807, 2.05) is 31.1 Å². The second kappa shape index (κ2) is 9.48. The van der Waals surface area contributed by atoms with E-state index in [1.54, 1.807) is 30.3 Å². The summed E-state index contributed by atoms with van der Waals surface area (Å²) >= 11 is 0. The van der Waals surface area contributed by atoms with Gasteiger partial charge in [-0.3, -0.25) is 14.3 Å². The number of aryl methyl sites for hydroxylation is 1. The van der Waals surface area contributed by atoms with Crippen LogP contribution in [0.15, 0.2) is 36.8 Å². The molecule has 3 aromatic rings. The maximum atomic E-state index is 13.4. The number of hydrogen-bond donors (Lipinski definition) is 2. The summed E-state index contributed by atoms with van der Waals surface area (Å²) < 4.78 is 1.65. The van der Waals surface area contributed by atoms with Crippen molar-refractivity contribution in [2.45, 2.75) is 25.3 Å². The molecule has 188 valence electrons. The second-order valence-electron chi connectivity index (χ2n) is 9.54. The van der Waals surface area contributed by atoms with E-state index in [0.717, 1.165) is 42.6 Å². The fourth-order valence-electron chi connectivity index (χ4n) is 4.96. The van der Waals surface area contributed by atoms with Crippen molar-refractivity contribution < 1.29 is 9.59 Å². The third-order valence-electron chi connectivity index (χ3n) is 6.84. The molecular formula is C25H31N9O2. The Balaban J connectivity index is 1.36. The first-order chi connectivity index (χ1) is 17.3. The minimum atomic E-state index is -0.660. The van der Waals surface area contributed by atoms with E-state index >= 15 is 0 Å². The number of benzene rings is 1. The monoisotopic (exact) mass is 489 g/mol. The standard InChI is InChI=1S/C25H31N9O2/c1-31(2)18-6-7-20-16(11-18)8-10-34(25(20)36)19-5-4-9-33(15-19)21-13-27-22(23(26)35)24(30-21)29-17-12-28-32(3)14-17/h6-7,11-14,19H,4-5,8-10,15H2,1-3H3,(H2,26,35)(H,29,30). The van der Waals surface area contributed by atoms with Gasteiger partial charge in [-0.15, -0.1) is 0 Å². The predicted octanol–water partition coefficient (Wildman–Crippen LogP) is 1.79. The maximum absolute atomic E-state index is 13.4. The Morgan fingerprint density at radius 2 is 2.06 bits per heavy atom. The van der Waals surface area contributed by atoms with E-state index < -0.39 is 5.91 Å². The van der Waals surface area contributed by atoms with Gasteiger partial charge in [0.25, 0.3) is 11.8 Å². The van der Waals surface area contributed by atoms with Crippen molar-refractivity contribution in [1.29, 1.82) is 0 Å². The summed E-state index contributed by atoms with van der Waals surface area (Å²) in [6, 6.07) is 6.13. The van der Waals surface area contributed by atoms with Crippen molar-refractivity contribution in [1.82, 2.24) is 24.6 Å². The van der Waals surface area contributed by atoms with Crippen LogP contribution in [0.25, 0.3) is 0 Å². The zero-order valence-corrected chi connectivity index (χ0v) is 20.8. The highest BCUT2D eigenvalue weighted by atomic mass is 16.2. The van der Waals surface area contributed by atoms with Crippen LogP contribution in [0.3, 0.4) is 0 Å². The molecule has 5 rings (SSSR count). The SMILES string of the molecule is CN(C)c1ccc2c(c1)CCN(C1CCCN(c3cnc(C(N)=O)c(Nc4cnn(C)c4)n3)C1)C2=O. The van der Waals surface area contributed by atoms with Crippen molar-refractivity contribution in [3.05, 3.63) is 53.6 Å². The van der Waals surface area contributed by atoms with Gasteiger partial charge in [0.1, 0.15) is 5.82 Å². The van der Waals surface area contributed by atoms with E-state index in [2.05, 4.69) is 36.2 Å². The molecule has 2 aromatic heterocycles. The number of hydrogen-bond acceptors (Lipinski definition) is 8. The summed E-state index contributed by atoms with van der Waals surface area (Å²) in [4.78, 5) is 40.6. The zero-order valence-electron chi connectivity index (χ0n) is 20.8. The van der Waals surface area contributed by atoms with Crippen LogP contribution >= 0.6 is 0 Å². The average Bonchev–Trinajstić information content (AvgIpc) is 3.28. The molecule has 0 spiro atoms. The van der Waals surface area contributed by atoms with Crippen molar-refractivity contribution in [3.63, 3.8) is 0 Å². The number of nitrogens with zero attached hydrogens (tertiary/aromatic N) is 7. The molecular weight excluding hydrogens is 458 g/mol. The molecule has 36 heavy (non-hydrogen) atoms. The maximum Gasteiger partial charge on any atom is 0.271 e. The quantitative estimate of drug-likeness (QED) is 0.537. The molecule has 1 atom stereocenters. The lowest BCUT2D eigenvalue weighted by Crippen LogP contribution is -2.52. The first-order valence-electron chi connectivity index (χ1n) is 12.1. The molecule has 1 saturated heterocycles. The Morgan fingerprint density at radius 3 is 2.78 bits per heavy atom. The largest absolute Gasteiger partial charge is 0.378 e. The number of nitrogens with two attached hydrogens (primary N) is 1. The normalized spacial score (nSPS) is 17.6. The summed E-state index contributed by atoms with van der Waals surface area (Å²) in [6.07, 6.45) is 7.68. The minimum absolute atomic E-state index is 0.0658. The number of aromatic nitrogens is 4. The zero-order chi connectivity index (χ0) is 25.4. The molecule has 4 heterocycles. The van der Waals surface area contributed by atoms with Gasteiger partial charge in [0.05, 0.1) is 18.1 Å². The first kappa shape index (κ1) is 23.6. The van der Waals surface area contributed by atoms with Gasteiger partial charge in [0, 0.05) is 64.3 Å². The Morgan fingerprint density at radius 1 is 1.22 bits per heavy atom. The molecule has 3 N–H and O–H groups in total. The van der Waals surface area contributed by atoms with E-state index in [9.17, 15) is 9.59 Å². The molecule has 2 amide bonds. The Labute approximate surface area is 209 Å². The number of piperidine rings is 1. The van der Waals surface area contributed by atoms with E-state index in [4.69, 9.17) is 5.73 Å². The molecule has 2 aliphatic rings. The van der Waals surface area contributed by atoms with Crippen LogP contribution < -0.4 is 20.9 Å². The fraction of sp³-hybridized carbons (Fsp3) is 0.400. The number of carbonyl (C=O) groups excluding carboxylic acids is 2. The highest BCUT2D eigenvalue weighted by Gasteiger charge is 2.33. The Kier molecular flexibility index (Phi) is 6.21. The molecule has 0 saturated carbocycles. The molecule has 1 unspecified atom stereocenters. The van der Waals surface area contributed by atoms with Crippen molar-refractivity contribution in [3.8, 4) is 0 Å². The third-order valence-corrected chi connectivity index (χ3v) is 6.84. The van der Waals surface area contributed by atoms with E-state index in [-0.39, 0.29) is 23.5 Å². The minimum Gasteiger partial charge on any atom is -0.378 e. The summed E-state index contributed by atoms with van der Waals surface area (Å²) in [5, 5.41) is 7.24. The number of anilines is 4. The van der Waals surface area contributed by atoms with Gasteiger partial charge >= 0.3 is 0 Å². The van der Waals surface area contributed by atoms with Gasteiger partial charge in [-0.05, 0) is 43.0 Å². The Hall–Kier alpha value is -4.15. The topological polar surface area (TPSA) is 126 Å². The molecule has 0 bridgehead atoms. The molecule has 11 heteroatoms. The summed E-state index contributed by atoms with van der Waals surface area (Å²) in [5.74, 6) is 0.348. The summed E-state index contributed by atoms with van der Waals surface area (Å²) in [5.41, 5.74) is 9.28. The van der Waals surface area contributed by atoms with Crippen LogP contribution in [0, 0.1) is 0 Å². The van der Waals surface area contributed by atoms with Gasteiger partial charge in [0.15, 0.2) is 11.5 Å². The van der Waals surface area contributed by atoms with Crippen LogP contribution in [0.1, 0.15) is 39.3 Å². The van der Waals surface area contributed by atoms with Gasteiger partial charge in [0.2, 0.25) is 0 Å². The molecule has 1 fully saturated rings. The number of carbonyl (C=O) groups is 2. The van der Waals surface area contributed by atoms with Crippen LogP contribution in [0.5, 0.6) is 0 Å². The van der Waals surface area contributed by atoms with Crippen molar-refractivity contribution >= 4 is 34.8 Å². The van der Waals surface area contributed by atoms with Gasteiger partial charge in [-0.2, -0.15) is 5.10 Å². The molecule has 1 aromatic carbocycles. The number of rotatable bonds is 6. The van der Waals surface area contributed by atoms with Crippen molar-refractivity contribution in [2.24, 2.45) is 12.8 Å². The van der Waals surface area contributed by atoms with Gasteiger partial charge in [-0.1, -0.05) is 0 Å².